The van der Waals surface area contributed by atoms with Gasteiger partial charge in [-0.15, -0.1) is 0 Å². The quantitative estimate of drug-likeness (QED) is 0.785. The van der Waals surface area contributed by atoms with Gasteiger partial charge in [-0.05, 0) is 32.5 Å². The molecule has 0 aliphatic rings. The van der Waals surface area contributed by atoms with Crippen molar-refractivity contribution in [1.29, 1.82) is 0 Å². The van der Waals surface area contributed by atoms with E-state index in [-0.39, 0.29) is 0 Å². The summed E-state index contributed by atoms with van der Waals surface area (Å²) in [5.41, 5.74) is 3.88. The van der Waals surface area contributed by atoms with Gasteiger partial charge < -0.3 is 4.74 Å². The summed E-state index contributed by atoms with van der Waals surface area (Å²) in [6.07, 6.45) is 0. The van der Waals surface area contributed by atoms with Gasteiger partial charge >= 0.3 is 0 Å². The molecule has 2 aromatic carbocycles. The lowest BCUT2D eigenvalue weighted by Crippen LogP contribution is -2.17. The summed E-state index contributed by atoms with van der Waals surface area (Å²) < 4.78 is 5.68. The number of hydrogen-bond acceptors (Lipinski definition) is 2. The standard InChI is InChI=1S/C18H23NO/c1-4-20-18-8-6-5-7-17(18)14-19(3)13-16-11-9-15(2)10-12-16/h5-12H,4,13-14H2,1-3H3. The number of aryl methyl sites for hydroxylation is 1. The number of nitrogens with zero attached hydrogens (tertiary/aromatic N) is 1. The van der Waals surface area contributed by atoms with Gasteiger partial charge in [0.05, 0.1) is 6.61 Å². The minimum absolute atomic E-state index is 0.707. The molecule has 0 saturated carbocycles. The van der Waals surface area contributed by atoms with Gasteiger partial charge in [-0.3, -0.25) is 4.90 Å². The predicted octanol–water partition coefficient (Wildman–Crippen LogP) is 4.03. The van der Waals surface area contributed by atoms with Crippen molar-refractivity contribution in [1.82, 2.24) is 4.90 Å². The Morgan fingerprint density at radius 2 is 1.65 bits per heavy atom. The molecular weight excluding hydrogens is 246 g/mol. The fourth-order valence-corrected chi connectivity index (χ4v) is 2.28. The molecule has 2 rings (SSSR count). The van der Waals surface area contributed by atoms with Crippen LogP contribution in [-0.4, -0.2) is 18.6 Å². The Bertz CT molecular complexity index is 533. The first kappa shape index (κ1) is 14.6. The maximum Gasteiger partial charge on any atom is 0.123 e. The summed E-state index contributed by atoms with van der Waals surface area (Å²) in [6, 6.07) is 17.0. The molecule has 0 bridgehead atoms. The van der Waals surface area contributed by atoms with Crippen molar-refractivity contribution in [2.45, 2.75) is 26.9 Å². The van der Waals surface area contributed by atoms with E-state index in [0.717, 1.165) is 18.8 Å². The van der Waals surface area contributed by atoms with Crippen LogP contribution in [0.15, 0.2) is 48.5 Å². The summed E-state index contributed by atoms with van der Waals surface area (Å²) in [4.78, 5) is 2.31. The molecule has 0 N–H and O–H groups in total. The number of benzene rings is 2. The highest BCUT2D eigenvalue weighted by atomic mass is 16.5. The van der Waals surface area contributed by atoms with Gasteiger partial charge in [-0.25, -0.2) is 0 Å². The monoisotopic (exact) mass is 269 g/mol. The van der Waals surface area contributed by atoms with Gasteiger partial charge in [0.1, 0.15) is 5.75 Å². The van der Waals surface area contributed by atoms with Gasteiger partial charge in [0, 0.05) is 18.7 Å². The van der Waals surface area contributed by atoms with Crippen LogP contribution in [0.5, 0.6) is 5.75 Å². The highest BCUT2D eigenvalue weighted by Crippen LogP contribution is 2.20. The van der Waals surface area contributed by atoms with E-state index < -0.39 is 0 Å². The predicted molar refractivity (Wildman–Crippen MR) is 84.0 cm³/mol. The Morgan fingerprint density at radius 1 is 0.950 bits per heavy atom. The smallest absolute Gasteiger partial charge is 0.123 e. The van der Waals surface area contributed by atoms with E-state index in [2.05, 4.69) is 55.3 Å². The lowest BCUT2D eigenvalue weighted by atomic mass is 10.1. The third-order valence-corrected chi connectivity index (χ3v) is 3.29. The van der Waals surface area contributed by atoms with E-state index in [1.807, 2.05) is 19.1 Å². The first-order chi connectivity index (χ1) is 9.69. The SMILES string of the molecule is CCOc1ccccc1CN(C)Cc1ccc(C)cc1. The molecule has 0 saturated heterocycles. The van der Waals surface area contributed by atoms with Crippen molar-refractivity contribution in [2.75, 3.05) is 13.7 Å². The molecule has 0 aromatic heterocycles. The summed E-state index contributed by atoms with van der Waals surface area (Å²) in [7, 11) is 2.14. The van der Waals surface area contributed by atoms with E-state index in [0.29, 0.717) is 6.61 Å². The van der Waals surface area contributed by atoms with Gasteiger partial charge in [0.25, 0.3) is 0 Å². The normalized spacial score (nSPS) is 10.8. The van der Waals surface area contributed by atoms with E-state index in [9.17, 15) is 0 Å². The molecule has 0 amide bonds. The molecule has 2 nitrogen and oxygen atoms in total. The molecule has 2 aromatic rings. The van der Waals surface area contributed by atoms with Crippen molar-refractivity contribution >= 4 is 0 Å². The molecule has 0 aliphatic carbocycles. The van der Waals surface area contributed by atoms with Gasteiger partial charge in [-0.2, -0.15) is 0 Å². The molecule has 20 heavy (non-hydrogen) atoms. The van der Waals surface area contributed by atoms with Crippen LogP contribution < -0.4 is 4.74 Å². The number of hydrogen-bond donors (Lipinski definition) is 0. The van der Waals surface area contributed by atoms with E-state index in [1.54, 1.807) is 0 Å². The fraction of sp³-hybridized carbons (Fsp3) is 0.333. The summed E-state index contributed by atoms with van der Waals surface area (Å²) >= 11 is 0. The third-order valence-electron chi connectivity index (χ3n) is 3.29. The Labute approximate surface area is 122 Å². The summed E-state index contributed by atoms with van der Waals surface area (Å²) in [5.74, 6) is 0.991. The van der Waals surface area contributed by atoms with Gasteiger partial charge in [0.2, 0.25) is 0 Å². The van der Waals surface area contributed by atoms with Crippen molar-refractivity contribution in [3.05, 3.63) is 65.2 Å². The van der Waals surface area contributed by atoms with Crippen LogP contribution in [0.25, 0.3) is 0 Å². The zero-order valence-corrected chi connectivity index (χ0v) is 12.6. The van der Waals surface area contributed by atoms with Crippen LogP contribution in [0.3, 0.4) is 0 Å². The first-order valence-corrected chi connectivity index (χ1v) is 7.14. The average molecular weight is 269 g/mol. The van der Waals surface area contributed by atoms with E-state index in [4.69, 9.17) is 4.74 Å². The van der Waals surface area contributed by atoms with Crippen molar-refractivity contribution in [3.8, 4) is 5.75 Å². The lowest BCUT2D eigenvalue weighted by Gasteiger charge is -2.19. The second-order valence-corrected chi connectivity index (χ2v) is 5.20. The van der Waals surface area contributed by atoms with E-state index >= 15 is 0 Å². The minimum atomic E-state index is 0.707. The Balaban J connectivity index is 2.00. The second-order valence-electron chi connectivity index (χ2n) is 5.20. The molecule has 0 unspecified atom stereocenters. The van der Waals surface area contributed by atoms with Crippen LogP contribution in [0, 0.1) is 6.92 Å². The maximum absolute atomic E-state index is 5.68. The Kier molecular flexibility index (Phi) is 5.19. The Morgan fingerprint density at radius 3 is 2.35 bits per heavy atom. The second kappa shape index (κ2) is 7.11. The number of para-hydroxylation sites is 1. The maximum atomic E-state index is 5.68. The molecule has 0 radical (unpaired) electrons. The lowest BCUT2D eigenvalue weighted by molar-refractivity contribution is 0.298. The molecule has 0 heterocycles. The van der Waals surface area contributed by atoms with Crippen LogP contribution >= 0.6 is 0 Å². The number of ether oxygens (including phenoxy) is 1. The summed E-state index contributed by atoms with van der Waals surface area (Å²) in [6.45, 7) is 6.68. The average Bonchev–Trinajstić information content (AvgIpc) is 2.44. The van der Waals surface area contributed by atoms with Gasteiger partial charge in [-0.1, -0.05) is 48.0 Å². The molecule has 0 aliphatic heterocycles. The van der Waals surface area contributed by atoms with Crippen LogP contribution in [0.1, 0.15) is 23.6 Å². The largest absolute Gasteiger partial charge is 0.494 e. The van der Waals surface area contributed by atoms with Crippen LogP contribution in [-0.2, 0) is 13.1 Å². The third kappa shape index (κ3) is 4.10. The summed E-state index contributed by atoms with van der Waals surface area (Å²) in [5, 5.41) is 0. The van der Waals surface area contributed by atoms with Crippen LogP contribution in [0.2, 0.25) is 0 Å². The van der Waals surface area contributed by atoms with Crippen LogP contribution in [0.4, 0.5) is 0 Å². The first-order valence-electron chi connectivity index (χ1n) is 7.14. The Hall–Kier alpha value is -1.80. The van der Waals surface area contributed by atoms with Crippen molar-refractivity contribution < 1.29 is 4.74 Å². The molecule has 2 heteroatoms. The molecule has 0 fully saturated rings. The highest BCUT2D eigenvalue weighted by Gasteiger charge is 2.06. The molecule has 106 valence electrons. The number of rotatable bonds is 6. The van der Waals surface area contributed by atoms with Crippen molar-refractivity contribution in [2.24, 2.45) is 0 Å². The highest BCUT2D eigenvalue weighted by molar-refractivity contribution is 5.33. The van der Waals surface area contributed by atoms with Gasteiger partial charge in [0.15, 0.2) is 0 Å². The molecular formula is C18H23NO. The minimum Gasteiger partial charge on any atom is -0.494 e. The zero-order valence-electron chi connectivity index (χ0n) is 12.6. The molecule has 0 atom stereocenters. The fourth-order valence-electron chi connectivity index (χ4n) is 2.28. The molecule has 0 spiro atoms. The van der Waals surface area contributed by atoms with E-state index in [1.165, 1.54) is 16.7 Å². The van der Waals surface area contributed by atoms with Crippen molar-refractivity contribution in [3.63, 3.8) is 0 Å². The zero-order chi connectivity index (χ0) is 14.4. The topological polar surface area (TPSA) is 12.5 Å².